The molecule has 0 bridgehead atoms. The normalized spacial score (nSPS) is 24.5. The van der Waals surface area contributed by atoms with E-state index in [1.54, 1.807) is 17.0 Å². The van der Waals surface area contributed by atoms with Crippen LogP contribution in [-0.4, -0.2) is 30.2 Å². The van der Waals surface area contributed by atoms with Gasteiger partial charge in [-0.3, -0.25) is 4.90 Å². The van der Waals surface area contributed by atoms with Crippen LogP contribution in [0.25, 0.3) is 0 Å². The van der Waals surface area contributed by atoms with Crippen LogP contribution < -0.4 is 5.73 Å². The summed E-state index contributed by atoms with van der Waals surface area (Å²) in [4.78, 5) is 14.7. The Kier molecular flexibility index (Phi) is 4.64. The third-order valence-corrected chi connectivity index (χ3v) is 5.61. The Morgan fingerprint density at radius 1 is 1.15 bits per heavy atom. The van der Waals surface area contributed by atoms with Crippen LogP contribution in [0.2, 0.25) is 0 Å². The van der Waals surface area contributed by atoms with Gasteiger partial charge in [0.1, 0.15) is 11.9 Å². The largest absolute Gasteiger partial charge is 0.446 e. The Morgan fingerprint density at radius 3 is 2.62 bits per heavy atom. The fraction of sp³-hybridized carbons (Fsp3) is 0.381. The van der Waals surface area contributed by atoms with Crippen molar-refractivity contribution in [3.05, 3.63) is 71.0 Å². The van der Waals surface area contributed by atoms with Crippen LogP contribution in [0, 0.1) is 11.7 Å². The molecule has 1 saturated carbocycles. The second-order valence-electron chi connectivity index (χ2n) is 7.09. The average Bonchev–Trinajstić information content (AvgIpc) is 2.65. The first-order valence-electron chi connectivity index (χ1n) is 9.18. The van der Waals surface area contributed by atoms with Crippen LogP contribution in [0.4, 0.5) is 9.18 Å². The summed E-state index contributed by atoms with van der Waals surface area (Å²) in [6.45, 7) is 1.13. The predicted octanol–water partition coefficient (Wildman–Crippen LogP) is 3.65. The summed E-state index contributed by atoms with van der Waals surface area (Å²) in [6, 6.07) is 14.2. The summed E-state index contributed by atoms with van der Waals surface area (Å²) >= 11 is 0. The van der Waals surface area contributed by atoms with E-state index in [9.17, 15) is 9.18 Å². The van der Waals surface area contributed by atoms with Gasteiger partial charge in [-0.1, -0.05) is 36.4 Å². The average molecular weight is 354 g/mol. The van der Waals surface area contributed by atoms with Crippen LogP contribution >= 0.6 is 0 Å². The Balaban J connectivity index is 1.64. The number of halogens is 1. The minimum absolute atomic E-state index is 0.0847. The maximum atomic E-state index is 13.4. The summed E-state index contributed by atoms with van der Waals surface area (Å²) in [5.74, 6) is -0.0208. The lowest BCUT2D eigenvalue weighted by Crippen LogP contribution is -2.46. The van der Waals surface area contributed by atoms with Crippen LogP contribution in [0.3, 0.4) is 0 Å². The molecule has 4 nitrogen and oxygen atoms in total. The molecule has 2 aliphatic rings. The molecule has 1 aliphatic carbocycles. The SMILES string of the molecule is NC[C@@H]1CC[C@H]1OC(=O)N1CCc2ccccc2[C@@H]1c1ccc(F)cc1. The van der Waals surface area contributed by atoms with E-state index in [0.717, 1.165) is 30.4 Å². The van der Waals surface area contributed by atoms with Crippen molar-refractivity contribution in [1.29, 1.82) is 0 Å². The van der Waals surface area contributed by atoms with Crippen molar-refractivity contribution in [3.8, 4) is 0 Å². The Hall–Kier alpha value is -2.40. The molecule has 1 heterocycles. The van der Waals surface area contributed by atoms with Gasteiger partial charge in [0.25, 0.3) is 0 Å². The number of ether oxygens (including phenoxy) is 1. The molecule has 2 aromatic carbocycles. The van der Waals surface area contributed by atoms with Crippen LogP contribution in [-0.2, 0) is 11.2 Å². The molecule has 4 rings (SSSR count). The van der Waals surface area contributed by atoms with E-state index in [1.807, 2.05) is 18.2 Å². The van der Waals surface area contributed by atoms with Crippen molar-refractivity contribution in [3.63, 3.8) is 0 Å². The maximum Gasteiger partial charge on any atom is 0.410 e. The highest BCUT2D eigenvalue weighted by atomic mass is 19.1. The van der Waals surface area contributed by atoms with Crippen LogP contribution in [0.15, 0.2) is 48.5 Å². The molecule has 1 amide bonds. The second-order valence-corrected chi connectivity index (χ2v) is 7.09. The van der Waals surface area contributed by atoms with Gasteiger partial charge < -0.3 is 10.5 Å². The van der Waals surface area contributed by atoms with Crippen molar-refractivity contribution in [2.75, 3.05) is 13.1 Å². The lowest BCUT2D eigenvalue weighted by molar-refractivity contribution is -0.0165. The third-order valence-electron chi connectivity index (χ3n) is 5.61. The lowest BCUT2D eigenvalue weighted by atomic mass is 9.82. The van der Waals surface area contributed by atoms with Crippen molar-refractivity contribution in [2.24, 2.45) is 11.7 Å². The van der Waals surface area contributed by atoms with Gasteiger partial charge in [-0.15, -0.1) is 0 Å². The number of carbonyl (C=O) groups is 1. The lowest BCUT2D eigenvalue weighted by Gasteiger charge is -2.40. The first-order chi connectivity index (χ1) is 12.7. The van der Waals surface area contributed by atoms with E-state index in [1.165, 1.54) is 17.7 Å². The Morgan fingerprint density at radius 2 is 1.92 bits per heavy atom. The molecule has 136 valence electrons. The third kappa shape index (κ3) is 3.07. The van der Waals surface area contributed by atoms with Gasteiger partial charge in [-0.25, -0.2) is 9.18 Å². The molecule has 0 spiro atoms. The zero-order valence-corrected chi connectivity index (χ0v) is 14.6. The number of carbonyl (C=O) groups excluding carboxylic acids is 1. The highest BCUT2D eigenvalue weighted by molar-refractivity contribution is 5.70. The summed E-state index contributed by atoms with van der Waals surface area (Å²) in [6.07, 6.45) is 2.28. The zero-order valence-electron chi connectivity index (χ0n) is 14.6. The monoisotopic (exact) mass is 354 g/mol. The first-order valence-corrected chi connectivity index (χ1v) is 9.18. The molecule has 2 N–H and O–H groups in total. The fourth-order valence-electron chi connectivity index (χ4n) is 3.93. The van der Waals surface area contributed by atoms with Gasteiger partial charge in [0, 0.05) is 12.5 Å². The smallest absolute Gasteiger partial charge is 0.410 e. The summed E-state index contributed by atoms with van der Waals surface area (Å²) in [7, 11) is 0. The molecule has 0 unspecified atom stereocenters. The standard InChI is InChI=1S/C21H23FN2O2/c22-17-8-5-15(6-9-17)20-18-4-2-1-3-14(18)11-12-24(20)21(25)26-19-10-7-16(19)13-23/h1-6,8-9,16,19-20H,7,10-13,23H2/t16-,19+,20-/m0/s1. The topological polar surface area (TPSA) is 55.6 Å². The van der Waals surface area contributed by atoms with Crippen molar-refractivity contribution >= 4 is 6.09 Å². The minimum Gasteiger partial charge on any atom is -0.446 e. The summed E-state index contributed by atoms with van der Waals surface area (Å²) in [5, 5.41) is 0. The van der Waals surface area contributed by atoms with Gasteiger partial charge in [0.05, 0.1) is 6.04 Å². The van der Waals surface area contributed by atoms with E-state index < -0.39 is 0 Å². The maximum absolute atomic E-state index is 13.4. The quantitative estimate of drug-likeness (QED) is 0.915. The number of hydrogen-bond acceptors (Lipinski definition) is 3. The van der Waals surface area contributed by atoms with E-state index in [0.29, 0.717) is 13.1 Å². The number of amides is 1. The molecule has 0 radical (unpaired) electrons. The number of hydrogen-bond donors (Lipinski definition) is 1. The van der Waals surface area contributed by atoms with E-state index in [2.05, 4.69) is 6.07 Å². The molecule has 0 aromatic heterocycles. The number of nitrogens with zero attached hydrogens (tertiary/aromatic N) is 1. The summed E-state index contributed by atoms with van der Waals surface area (Å²) < 4.78 is 19.1. The van der Waals surface area contributed by atoms with Crippen molar-refractivity contribution < 1.29 is 13.9 Å². The van der Waals surface area contributed by atoms with Crippen molar-refractivity contribution in [1.82, 2.24) is 4.90 Å². The molecule has 0 saturated heterocycles. The number of benzene rings is 2. The Bertz CT molecular complexity index is 791. The van der Waals surface area contributed by atoms with Gasteiger partial charge in [0.15, 0.2) is 0 Å². The molecule has 1 fully saturated rings. The molecule has 5 heteroatoms. The summed E-state index contributed by atoms with van der Waals surface area (Å²) in [5.41, 5.74) is 8.91. The fourth-order valence-corrected chi connectivity index (χ4v) is 3.93. The van der Waals surface area contributed by atoms with Gasteiger partial charge in [-0.05, 0) is 54.6 Å². The molecule has 3 atom stereocenters. The van der Waals surface area contributed by atoms with Crippen LogP contribution in [0.5, 0.6) is 0 Å². The first kappa shape index (κ1) is 17.0. The zero-order chi connectivity index (χ0) is 18.1. The van der Waals surface area contributed by atoms with Crippen LogP contribution in [0.1, 0.15) is 35.6 Å². The minimum atomic E-state index is -0.308. The van der Waals surface area contributed by atoms with Gasteiger partial charge >= 0.3 is 6.09 Å². The van der Waals surface area contributed by atoms with Gasteiger partial charge in [0.2, 0.25) is 0 Å². The number of fused-ring (bicyclic) bond motifs is 1. The van der Waals surface area contributed by atoms with Gasteiger partial charge in [-0.2, -0.15) is 0 Å². The Labute approximate surface area is 152 Å². The molecule has 26 heavy (non-hydrogen) atoms. The van der Waals surface area contributed by atoms with E-state index in [-0.39, 0.29) is 30.0 Å². The second kappa shape index (κ2) is 7.08. The predicted molar refractivity (Wildman–Crippen MR) is 97.1 cm³/mol. The van der Waals surface area contributed by atoms with E-state index >= 15 is 0 Å². The highest BCUT2D eigenvalue weighted by Gasteiger charge is 2.38. The molecule has 1 aliphatic heterocycles. The van der Waals surface area contributed by atoms with Crippen molar-refractivity contribution in [2.45, 2.75) is 31.4 Å². The molecular formula is C21H23FN2O2. The number of nitrogens with two attached hydrogens (primary N) is 1. The highest BCUT2D eigenvalue weighted by Crippen LogP contribution is 2.37. The molecule has 2 aromatic rings. The molecular weight excluding hydrogens is 331 g/mol. The number of rotatable bonds is 3. The van der Waals surface area contributed by atoms with E-state index in [4.69, 9.17) is 10.5 Å².